The first-order valence-corrected chi connectivity index (χ1v) is 6.74. The van der Waals surface area contributed by atoms with Gasteiger partial charge in [-0.3, -0.25) is 4.90 Å². The number of fused-ring (bicyclic) bond motifs is 2. The van der Waals surface area contributed by atoms with Gasteiger partial charge in [0, 0.05) is 37.6 Å². The minimum Gasteiger partial charge on any atom is -0.378 e. The van der Waals surface area contributed by atoms with Crippen molar-refractivity contribution in [2.45, 2.75) is 24.5 Å². The van der Waals surface area contributed by atoms with E-state index in [1.54, 1.807) is 12.4 Å². The number of aromatic nitrogens is 2. The van der Waals surface area contributed by atoms with Crippen molar-refractivity contribution >= 4 is 5.95 Å². The predicted molar refractivity (Wildman–Crippen MR) is 70.8 cm³/mol. The molecule has 2 atom stereocenters. The Bertz CT molecular complexity index is 519. The molecular formula is C14H16N4O. The fraction of sp³-hybridized carbons (Fsp3) is 0.571. The number of likely N-dealkylation sites (tertiary alicyclic amines) is 1. The molecule has 5 heteroatoms. The fourth-order valence-corrected chi connectivity index (χ4v) is 3.35. The number of hydrogen-bond acceptors (Lipinski definition) is 5. The minimum atomic E-state index is 0.544. The van der Waals surface area contributed by atoms with Crippen LogP contribution >= 0.6 is 0 Å². The normalized spacial score (nSPS) is 30.4. The third kappa shape index (κ3) is 1.71. The molecular weight excluding hydrogens is 240 g/mol. The lowest BCUT2D eigenvalue weighted by Gasteiger charge is -2.42. The molecule has 0 spiro atoms. The highest BCUT2D eigenvalue weighted by Crippen LogP contribution is 2.35. The van der Waals surface area contributed by atoms with Crippen LogP contribution in [0, 0.1) is 12.3 Å². The maximum absolute atomic E-state index is 5.32. The molecule has 1 aromatic rings. The number of ether oxygens (including phenoxy) is 1. The second-order valence-electron chi connectivity index (χ2n) is 5.50. The summed E-state index contributed by atoms with van der Waals surface area (Å²) in [5.74, 6) is 3.37. The zero-order chi connectivity index (χ0) is 12.8. The largest absolute Gasteiger partial charge is 0.378 e. The summed E-state index contributed by atoms with van der Waals surface area (Å²) in [7, 11) is 0. The van der Waals surface area contributed by atoms with Gasteiger partial charge in [-0.2, -0.15) is 0 Å². The summed E-state index contributed by atoms with van der Waals surface area (Å²) in [5.41, 5.74) is 0.737. The van der Waals surface area contributed by atoms with E-state index >= 15 is 0 Å². The van der Waals surface area contributed by atoms with E-state index in [2.05, 4.69) is 25.7 Å². The van der Waals surface area contributed by atoms with Crippen molar-refractivity contribution in [1.82, 2.24) is 14.9 Å². The number of terminal acetylenes is 1. The maximum atomic E-state index is 5.32. The molecule has 0 radical (unpaired) electrons. The van der Waals surface area contributed by atoms with E-state index in [4.69, 9.17) is 11.2 Å². The van der Waals surface area contributed by atoms with E-state index < -0.39 is 0 Å². The second kappa shape index (κ2) is 4.19. The van der Waals surface area contributed by atoms with Crippen molar-refractivity contribution in [2.24, 2.45) is 0 Å². The topological polar surface area (TPSA) is 41.5 Å². The summed E-state index contributed by atoms with van der Waals surface area (Å²) < 4.78 is 5.29. The predicted octanol–water partition coefficient (Wildman–Crippen LogP) is 0.120. The molecule has 0 aliphatic carbocycles. The molecule has 2 bridgehead atoms. The third-order valence-corrected chi connectivity index (χ3v) is 4.43. The Morgan fingerprint density at radius 2 is 1.95 bits per heavy atom. The molecule has 5 nitrogen and oxygen atoms in total. The Morgan fingerprint density at radius 3 is 2.47 bits per heavy atom. The summed E-state index contributed by atoms with van der Waals surface area (Å²) >= 11 is 0. The molecule has 3 fully saturated rings. The Labute approximate surface area is 112 Å². The van der Waals surface area contributed by atoms with Gasteiger partial charge in [-0.15, -0.1) is 6.42 Å². The molecule has 4 rings (SSSR count). The molecule has 19 heavy (non-hydrogen) atoms. The summed E-state index contributed by atoms with van der Waals surface area (Å²) in [6.07, 6.45) is 10.0. The van der Waals surface area contributed by atoms with Crippen molar-refractivity contribution in [3.05, 3.63) is 18.0 Å². The van der Waals surface area contributed by atoms with Gasteiger partial charge in [0.1, 0.15) is 0 Å². The summed E-state index contributed by atoms with van der Waals surface area (Å²) in [6, 6.07) is 1.82. The van der Waals surface area contributed by atoms with Crippen LogP contribution in [0.5, 0.6) is 0 Å². The third-order valence-electron chi connectivity index (χ3n) is 4.43. The summed E-state index contributed by atoms with van der Waals surface area (Å²) in [5, 5.41) is 0. The molecule has 3 saturated heterocycles. The van der Waals surface area contributed by atoms with Crippen molar-refractivity contribution in [2.75, 3.05) is 31.2 Å². The van der Waals surface area contributed by atoms with E-state index in [9.17, 15) is 0 Å². The first kappa shape index (κ1) is 11.2. The Kier molecular flexibility index (Phi) is 2.47. The molecule has 0 unspecified atom stereocenters. The van der Waals surface area contributed by atoms with Gasteiger partial charge in [0.15, 0.2) is 0 Å². The standard InChI is InChI=1S/C14H16N4O/c1-2-10-4-15-14(16-5-10)18-7-11-3-12(18)6-17(11)13-8-19-9-13/h1,4-5,11-13H,3,6-9H2/t11-,12-/m1/s1. The fourth-order valence-electron chi connectivity index (χ4n) is 3.35. The SMILES string of the molecule is C#Cc1cnc(N2C[C@H]3C[C@@H]2CN3C2COC2)nc1. The van der Waals surface area contributed by atoms with Crippen LogP contribution in [-0.2, 0) is 4.74 Å². The highest BCUT2D eigenvalue weighted by atomic mass is 16.5. The van der Waals surface area contributed by atoms with E-state index in [1.165, 1.54) is 6.42 Å². The van der Waals surface area contributed by atoms with Gasteiger partial charge in [0.05, 0.1) is 24.8 Å². The highest BCUT2D eigenvalue weighted by Gasteiger charge is 2.47. The molecule has 3 aliphatic rings. The summed E-state index contributed by atoms with van der Waals surface area (Å²) in [4.78, 5) is 13.7. The van der Waals surface area contributed by atoms with Gasteiger partial charge in [0.25, 0.3) is 0 Å². The molecule has 0 saturated carbocycles. The Hall–Kier alpha value is -1.64. The highest BCUT2D eigenvalue weighted by molar-refractivity contribution is 5.39. The van der Waals surface area contributed by atoms with Crippen LogP contribution in [0.1, 0.15) is 12.0 Å². The van der Waals surface area contributed by atoms with Crippen LogP contribution in [0.2, 0.25) is 0 Å². The lowest BCUT2D eigenvalue weighted by atomic mass is 10.2. The molecule has 0 amide bonds. The minimum absolute atomic E-state index is 0.544. The number of rotatable bonds is 2. The lowest BCUT2D eigenvalue weighted by molar-refractivity contribution is -0.0708. The zero-order valence-electron chi connectivity index (χ0n) is 10.7. The van der Waals surface area contributed by atoms with Crippen LogP contribution in [0.3, 0.4) is 0 Å². The Balaban J connectivity index is 1.49. The van der Waals surface area contributed by atoms with Gasteiger partial charge in [-0.1, -0.05) is 5.92 Å². The van der Waals surface area contributed by atoms with E-state index in [0.29, 0.717) is 18.1 Å². The van der Waals surface area contributed by atoms with Crippen LogP contribution in [0.15, 0.2) is 12.4 Å². The van der Waals surface area contributed by atoms with Crippen LogP contribution < -0.4 is 4.90 Å². The van der Waals surface area contributed by atoms with Crippen molar-refractivity contribution < 1.29 is 4.74 Å². The number of piperazine rings is 1. The lowest BCUT2D eigenvalue weighted by Crippen LogP contribution is -2.57. The maximum Gasteiger partial charge on any atom is 0.225 e. The number of hydrogen-bond donors (Lipinski definition) is 0. The monoisotopic (exact) mass is 256 g/mol. The number of nitrogens with zero attached hydrogens (tertiary/aromatic N) is 4. The zero-order valence-corrected chi connectivity index (χ0v) is 10.7. The molecule has 1 aromatic heterocycles. The molecule has 0 N–H and O–H groups in total. The quantitative estimate of drug-likeness (QED) is 0.703. The van der Waals surface area contributed by atoms with Gasteiger partial charge in [0.2, 0.25) is 5.95 Å². The van der Waals surface area contributed by atoms with E-state index in [0.717, 1.165) is 37.8 Å². The molecule has 0 aromatic carbocycles. The Morgan fingerprint density at radius 1 is 1.16 bits per heavy atom. The smallest absolute Gasteiger partial charge is 0.225 e. The van der Waals surface area contributed by atoms with Gasteiger partial charge < -0.3 is 9.64 Å². The first-order valence-electron chi connectivity index (χ1n) is 6.74. The summed E-state index contributed by atoms with van der Waals surface area (Å²) in [6.45, 7) is 3.93. The number of anilines is 1. The van der Waals surface area contributed by atoms with Crippen LogP contribution in [-0.4, -0.2) is 59.3 Å². The molecule has 4 heterocycles. The average Bonchev–Trinajstić information content (AvgIpc) is 2.97. The molecule has 3 aliphatic heterocycles. The van der Waals surface area contributed by atoms with Crippen molar-refractivity contribution in [3.63, 3.8) is 0 Å². The first-order chi connectivity index (χ1) is 9.35. The van der Waals surface area contributed by atoms with Crippen molar-refractivity contribution in [1.29, 1.82) is 0 Å². The molecule has 98 valence electrons. The second-order valence-corrected chi connectivity index (χ2v) is 5.50. The average molecular weight is 256 g/mol. The van der Waals surface area contributed by atoms with Gasteiger partial charge >= 0.3 is 0 Å². The van der Waals surface area contributed by atoms with Crippen LogP contribution in [0.25, 0.3) is 0 Å². The van der Waals surface area contributed by atoms with Crippen LogP contribution in [0.4, 0.5) is 5.95 Å². The van der Waals surface area contributed by atoms with Gasteiger partial charge in [-0.25, -0.2) is 9.97 Å². The van der Waals surface area contributed by atoms with E-state index in [-0.39, 0.29) is 0 Å². The van der Waals surface area contributed by atoms with E-state index in [1.807, 2.05) is 0 Å². The van der Waals surface area contributed by atoms with Crippen molar-refractivity contribution in [3.8, 4) is 12.3 Å². The van der Waals surface area contributed by atoms with Gasteiger partial charge in [-0.05, 0) is 6.42 Å².